The molecule has 1 aliphatic heterocycles. The van der Waals surface area contributed by atoms with Crippen LogP contribution >= 0.6 is 31.9 Å². The van der Waals surface area contributed by atoms with Crippen LogP contribution in [-0.2, 0) is 0 Å². The molecule has 0 aliphatic carbocycles. The van der Waals surface area contributed by atoms with Crippen LogP contribution in [0.5, 0.6) is 0 Å². The second kappa shape index (κ2) is 4.63. The summed E-state index contributed by atoms with van der Waals surface area (Å²) in [6, 6.07) is 2.00. The van der Waals surface area contributed by atoms with Gasteiger partial charge in [-0.05, 0) is 57.7 Å². The van der Waals surface area contributed by atoms with Gasteiger partial charge in [-0.25, -0.2) is 4.98 Å². The van der Waals surface area contributed by atoms with Crippen molar-refractivity contribution in [2.45, 2.75) is 25.4 Å². The third-order valence-electron chi connectivity index (χ3n) is 2.93. The van der Waals surface area contributed by atoms with Crippen molar-refractivity contribution in [3.05, 3.63) is 21.2 Å². The van der Waals surface area contributed by atoms with Gasteiger partial charge in [0, 0.05) is 23.8 Å². The van der Waals surface area contributed by atoms with Gasteiger partial charge in [-0.3, -0.25) is 0 Å². The van der Waals surface area contributed by atoms with Crippen molar-refractivity contribution in [2.75, 3.05) is 18.0 Å². The molecular formula is C11H14Br2N2O. The summed E-state index contributed by atoms with van der Waals surface area (Å²) in [6.07, 6.45) is 3.38. The highest BCUT2D eigenvalue weighted by Gasteiger charge is 2.28. The van der Waals surface area contributed by atoms with Gasteiger partial charge < -0.3 is 10.0 Å². The lowest BCUT2D eigenvalue weighted by atomic mass is 9.94. The Morgan fingerprint density at radius 1 is 1.38 bits per heavy atom. The third kappa shape index (κ3) is 2.76. The summed E-state index contributed by atoms with van der Waals surface area (Å²) in [6.45, 7) is 3.59. The molecule has 88 valence electrons. The predicted molar refractivity (Wildman–Crippen MR) is 71.7 cm³/mol. The highest BCUT2D eigenvalue weighted by molar-refractivity contribution is 9.11. The van der Waals surface area contributed by atoms with Gasteiger partial charge in [0.05, 0.1) is 10.1 Å². The number of halogens is 2. The average molecular weight is 350 g/mol. The summed E-state index contributed by atoms with van der Waals surface area (Å²) < 4.78 is 1.95. The molecule has 0 atom stereocenters. The smallest absolute Gasteiger partial charge is 0.142 e. The first-order valence-corrected chi connectivity index (χ1v) is 6.85. The van der Waals surface area contributed by atoms with Crippen LogP contribution < -0.4 is 4.90 Å². The molecule has 1 aromatic heterocycles. The molecule has 1 saturated heterocycles. The zero-order valence-electron chi connectivity index (χ0n) is 9.08. The summed E-state index contributed by atoms with van der Waals surface area (Å²) >= 11 is 6.90. The zero-order chi connectivity index (χ0) is 11.8. The molecule has 0 spiro atoms. The fourth-order valence-electron chi connectivity index (χ4n) is 1.84. The Morgan fingerprint density at radius 2 is 2.00 bits per heavy atom. The number of aliphatic hydroxyl groups is 1. The van der Waals surface area contributed by atoms with Crippen LogP contribution in [0.1, 0.15) is 19.8 Å². The number of hydrogen-bond acceptors (Lipinski definition) is 3. The SMILES string of the molecule is CC1(O)CCN(c2ncc(Br)cc2Br)CC1. The number of aromatic nitrogens is 1. The van der Waals surface area contributed by atoms with E-state index in [-0.39, 0.29) is 0 Å². The van der Waals surface area contributed by atoms with Gasteiger partial charge in [-0.1, -0.05) is 0 Å². The lowest BCUT2D eigenvalue weighted by Crippen LogP contribution is -2.42. The van der Waals surface area contributed by atoms with Gasteiger partial charge in [0.2, 0.25) is 0 Å². The van der Waals surface area contributed by atoms with Crippen LogP contribution in [0.25, 0.3) is 0 Å². The van der Waals surface area contributed by atoms with Crippen molar-refractivity contribution in [3.63, 3.8) is 0 Å². The molecule has 1 N–H and O–H groups in total. The maximum Gasteiger partial charge on any atom is 0.142 e. The summed E-state index contributed by atoms with van der Waals surface area (Å²) in [5, 5.41) is 9.89. The Hall–Kier alpha value is -0.130. The molecule has 1 aromatic rings. The van der Waals surface area contributed by atoms with Crippen LogP contribution in [0.4, 0.5) is 5.82 Å². The molecule has 0 bridgehead atoms. The van der Waals surface area contributed by atoms with Gasteiger partial charge in [-0.15, -0.1) is 0 Å². The molecule has 2 rings (SSSR count). The summed E-state index contributed by atoms with van der Waals surface area (Å²) in [4.78, 5) is 6.60. The zero-order valence-corrected chi connectivity index (χ0v) is 12.3. The Labute approximate surface area is 112 Å². The standard InChI is InChI=1S/C11H14Br2N2O/c1-11(16)2-4-15(5-3-11)10-9(13)6-8(12)7-14-10/h6-7,16H,2-5H2,1H3. The fraction of sp³-hybridized carbons (Fsp3) is 0.545. The van der Waals surface area contributed by atoms with E-state index < -0.39 is 5.60 Å². The third-order valence-corrected chi connectivity index (χ3v) is 3.95. The van der Waals surface area contributed by atoms with E-state index in [9.17, 15) is 5.11 Å². The number of rotatable bonds is 1. The summed E-state index contributed by atoms with van der Waals surface area (Å²) in [5.74, 6) is 0.957. The molecule has 0 saturated carbocycles. The second-order valence-corrected chi connectivity index (χ2v) is 6.21. The lowest BCUT2D eigenvalue weighted by Gasteiger charge is -2.36. The molecule has 2 heterocycles. The minimum absolute atomic E-state index is 0.516. The molecule has 0 radical (unpaired) electrons. The normalized spacial score (nSPS) is 19.9. The molecule has 0 amide bonds. The van der Waals surface area contributed by atoms with E-state index in [2.05, 4.69) is 41.7 Å². The highest BCUT2D eigenvalue weighted by atomic mass is 79.9. The quantitative estimate of drug-likeness (QED) is 0.846. The first kappa shape index (κ1) is 12.3. The number of anilines is 1. The van der Waals surface area contributed by atoms with Gasteiger partial charge in [0.25, 0.3) is 0 Å². The first-order valence-electron chi connectivity index (χ1n) is 5.26. The molecule has 0 unspecified atom stereocenters. The van der Waals surface area contributed by atoms with Gasteiger partial charge >= 0.3 is 0 Å². The van der Waals surface area contributed by atoms with E-state index in [1.165, 1.54) is 0 Å². The predicted octanol–water partition coefficient (Wildman–Crippen LogP) is 2.96. The second-order valence-electron chi connectivity index (χ2n) is 4.44. The van der Waals surface area contributed by atoms with Crippen molar-refractivity contribution >= 4 is 37.7 Å². The molecule has 5 heteroatoms. The van der Waals surface area contributed by atoms with Gasteiger partial charge in [-0.2, -0.15) is 0 Å². The number of nitrogens with zero attached hydrogens (tertiary/aromatic N) is 2. The minimum atomic E-state index is -0.516. The summed E-state index contributed by atoms with van der Waals surface area (Å²) in [7, 11) is 0. The van der Waals surface area contributed by atoms with E-state index in [1.807, 2.05) is 13.0 Å². The van der Waals surface area contributed by atoms with Crippen molar-refractivity contribution < 1.29 is 5.11 Å². The molecule has 16 heavy (non-hydrogen) atoms. The highest BCUT2D eigenvalue weighted by Crippen LogP contribution is 2.30. The number of piperidine rings is 1. The van der Waals surface area contributed by atoms with E-state index in [0.29, 0.717) is 0 Å². The Morgan fingerprint density at radius 3 is 2.56 bits per heavy atom. The lowest BCUT2D eigenvalue weighted by molar-refractivity contribution is 0.0350. The van der Waals surface area contributed by atoms with Crippen molar-refractivity contribution in [1.82, 2.24) is 4.98 Å². The Bertz CT molecular complexity index is 386. The van der Waals surface area contributed by atoms with Crippen molar-refractivity contribution in [2.24, 2.45) is 0 Å². The average Bonchev–Trinajstić information content (AvgIpc) is 2.19. The number of pyridine rings is 1. The fourth-order valence-corrected chi connectivity index (χ4v) is 3.08. The van der Waals surface area contributed by atoms with Crippen LogP contribution in [0.15, 0.2) is 21.2 Å². The van der Waals surface area contributed by atoms with Gasteiger partial charge in [0.15, 0.2) is 0 Å². The van der Waals surface area contributed by atoms with Crippen LogP contribution in [0.3, 0.4) is 0 Å². The monoisotopic (exact) mass is 348 g/mol. The van der Waals surface area contributed by atoms with Crippen LogP contribution in [0.2, 0.25) is 0 Å². The number of hydrogen-bond donors (Lipinski definition) is 1. The Kier molecular flexibility index (Phi) is 3.56. The molecule has 0 aromatic carbocycles. The van der Waals surface area contributed by atoms with Crippen molar-refractivity contribution in [1.29, 1.82) is 0 Å². The van der Waals surface area contributed by atoms with Crippen LogP contribution in [0, 0.1) is 0 Å². The van der Waals surface area contributed by atoms with E-state index >= 15 is 0 Å². The molecule has 1 fully saturated rings. The van der Waals surface area contributed by atoms with E-state index in [1.54, 1.807) is 6.20 Å². The van der Waals surface area contributed by atoms with Crippen LogP contribution in [-0.4, -0.2) is 28.8 Å². The summed E-state index contributed by atoms with van der Waals surface area (Å²) in [5.41, 5.74) is -0.516. The van der Waals surface area contributed by atoms with E-state index in [4.69, 9.17) is 0 Å². The van der Waals surface area contributed by atoms with Crippen molar-refractivity contribution in [3.8, 4) is 0 Å². The molecule has 3 nitrogen and oxygen atoms in total. The van der Waals surface area contributed by atoms with Gasteiger partial charge in [0.1, 0.15) is 5.82 Å². The minimum Gasteiger partial charge on any atom is -0.390 e. The Balaban J connectivity index is 2.14. The first-order chi connectivity index (χ1) is 7.48. The largest absolute Gasteiger partial charge is 0.390 e. The maximum atomic E-state index is 9.89. The molecule has 1 aliphatic rings. The topological polar surface area (TPSA) is 36.4 Å². The molecular weight excluding hydrogens is 336 g/mol. The van der Waals surface area contributed by atoms with E-state index in [0.717, 1.165) is 40.7 Å². The maximum absolute atomic E-state index is 9.89.